The molecule has 1 atom stereocenters. The van der Waals surface area contributed by atoms with Gasteiger partial charge >= 0.3 is 0 Å². The van der Waals surface area contributed by atoms with Crippen molar-refractivity contribution in [3.05, 3.63) is 35.9 Å². The third kappa shape index (κ3) is 9.43. The van der Waals surface area contributed by atoms with Gasteiger partial charge in [0.2, 0.25) is 10.0 Å². The van der Waals surface area contributed by atoms with Crippen molar-refractivity contribution in [1.29, 1.82) is 0 Å². The Kier molecular flexibility index (Phi) is 12.0. The number of sulfonamides is 1. The van der Waals surface area contributed by atoms with Crippen molar-refractivity contribution >= 4 is 40.0 Å². The van der Waals surface area contributed by atoms with Crippen LogP contribution in [0, 0.1) is 0 Å². The molecule has 24 heavy (non-hydrogen) atoms. The zero-order chi connectivity index (χ0) is 17.1. The number of rotatable bonds is 9. The molecule has 0 aliphatic rings. The van der Waals surface area contributed by atoms with Crippen LogP contribution in [0.4, 0.5) is 0 Å². The molecule has 0 amide bonds. The molecule has 0 aliphatic carbocycles. The second-order valence-electron chi connectivity index (χ2n) is 5.26. The first-order valence-electron chi connectivity index (χ1n) is 8.03. The van der Waals surface area contributed by atoms with E-state index in [0.29, 0.717) is 31.5 Å². The maximum Gasteiger partial charge on any atom is 0.211 e. The fourth-order valence-corrected chi connectivity index (χ4v) is 2.56. The number of nitrogens with zero attached hydrogens (tertiary/aromatic N) is 1. The summed E-state index contributed by atoms with van der Waals surface area (Å²) in [6, 6.07) is 10.3. The monoisotopic (exact) mass is 468 g/mol. The van der Waals surface area contributed by atoms with Gasteiger partial charge in [0.1, 0.15) is 0 Å². The van der Waals surface area contributed by atoms with E-state index in [2.05, 4.69) is 39.4 Å². The number of aliphatic imine (C=N–C) groups is 1. The summed E-state index contributed by atoms with van der Waals surface area (Å²) in [6.07, 6.45) is 0. The number of guanidine groups is 1. The number of halogens is 1. The maximum atomic E-state index is 11.4. The Morgan fingerprint density at radius 3 is 2.38 bits per heavy atom. The van der Waals surface area contributed by atoms with Crippen LogP contribution in [0.5, 0.6) is 0 Å². The highest BCUT2D eigenvalue weighted by molar-refractivity contribution is 14.0. The molecule has 6 nitrogen and oxygen atoms in total. The van der Waals surface area contributed by atoms with Gasteiger partial charge in [-0.25, -0.2) is 13.1 Å². The Hall–Kier alpha value is -0.870. The molecular weight excluding hydrogens is 439 g/mol. The summed E-state index contributed by atoms with van der Waals surface area (Å²) in [7, 11) is -3.14. The first-order chi connectivity index (χ1) is 11.0. The molecular formula is C16H29IN4O2S. The summed E-state index contributed by atoms with van der Waals surface area (Å²) in [5.41, 5.74) is 1.25. The number of hydrogen-bond donors (Lipinski definition) is 3. The van der Waals surface area contributed by atoms with Crippen molar-refractivity contribution in [1.82, 2.24) is 15.4 Å². The van der Waals surface area contributed by atoms with Gasteiger partial charge in [-0.15, -0.1) is 24.0 Å². The minimum Gasteiger partial charge on any atom is -0.357 e. The molecule has 0 saturated carbocycles. The molecule has 1 rings (SSSR count). The summed E-state index contributed by atoms with van der Waals surface area (Å²) >= 11 is 0. The molecule has 0 radical (unpaired) electrons. The van der Waals surface area contributed by atoms with E-state index in [1.165, 1.54) is 5.56 Å². The molecule has 3 N–H and O–H groups in total. The average Bonchev–Trinajstić information content (AvgIpc) is 2.57. The van der Waals surface area contributed by atoms with Crippen LogP contribution in [0.2, 0.25) is 0 Å². The van der Waals surface area contributed by atoms with Gasteiger partial charge in [-0.05, 0) is 19.4 Å². The number of hydrogen-bond acceptors (Lipinski definition) is 3. The molecule has 138 valence electrons. The SMILES string of the molecule is CCNC(=NCC(C)c1ccccc1)NCCNS(=O)(=O)CC.I. The van der Waals surface area contributed by atoms with Crippen molar-refractivity contribution < 1.29 is 8.42 Å². The van der Waals surface area contributed by atoms with Gasteiger partial charge in [-0.3, -0.25) is 4.99 Å². The topological polar surface area (TPSA) is 82.6 Å². The van der Waals surface area contributed by atoms with Crippen molar-refractivity contribution in [2.75, 3.05) is 31.9 Å². The quantitative estimate of drug-likeness (QED) is 0.224. The minimum atomic E-state index is -3.14. The Balaban J connectivity index is 0.00000529. The molecule has 1 unspecified atom stereocenters. The highest BCUT2D eigenvalue weighted by Gasteiger charge is 2.06. The van der Waals surface area contributed by atoms with Crippen molar-refractivity contribution in [3.63, 3.8) is 0 Å². The molecule has 0 spiro atoms. The Labute approximate surface area is 163 Å². The first-order valence-corrected chi connectivity index (χ1v) is 9.68. The largest absolute Gasteiger partial charge is 0.357 e. The molecule has 0 saturated heterocycles. The van der Waals surface area contributed by atoms with Gasteiger partial charge in [0.15, 0.2) is 5.96 Å². The van der Waals surface area contributed by atoms with Gasteiger partial charge in [0.25, 0.3) is 0 Å². The first kappa shape index (κ1) is 23.1. The summed E-state index contributed by atoms with van der Waals surface area (Å²) < 4.78 is 25.2. The second-order valence-corrected chi connectivity index (χ2v) is 7.35. The van der Waals surface area contributed by atoms with Crippen LogP contribution in [0.15, 0.2) is 35.3 Å². The van der Waals surface area contributed by atoms with E-state index in [1.54, 1.807) is 6.92 Å². The summed E-state index contributed by atoms with van der Waals surface area (Å²) in [6.45, 7) is 8.01. The maximum absolute atomic E-state index is 11.4. The van der Waals surface area contributed by atoms with Crippen LogP contribution in [0.1, 0.15) is 32.3 Å². The predicted octanol–water partition coefficient (Wildman–Crippen LogP) is 1.90. The van der Waals surface area contributed by atoms with Gasteiger partial charge in [-0.1, -0.05) is 37.3 Å². The number of nitrogens with one attached hydrogen (secondary N) is 3. The normalized spacial score (nSPS) is 13.0. The van der Waals surface area contributed by atoms with Crippen LogP contribution in [0.3, 0.4) is 0 Å². The average molecular weight is 468 g/mol. The van der Waals surface area contributed by atoms with E-state index in [4.69, 9.17) is 0 Å². The van der Waals surface area contributed by atoms with E-state index in [9.17, 15) is 8.42 Å². The predicted molar refractivity (Wildman–Crippen MR) is 112 cm³/mol. The zero-order valence-corrected chi connectivity index (χ0v) is 17.7. The lowest BCUT2D eigenvalue weighted by Gasteiger charge is -2.14. The lowest BCUT2D eigenvalue weighted by molar-refractivity contribution is 0.581. The lowest BCUT2D eigenvalue weighted by Crippen LogP contribution is -2.41. The molecule has 0 heterocycles. The molecule has 8 heteroatoms. The van der Waals surface area contributed by atoms with Crippen molar-refractivity contribution in [2.45, 2.75) is 26.7 Å². The van der Waals surface area contributed by atoms with Gasteiger partial charge in [0, 0.05) is 32.1 Å². The Morgan fingerprint density at radius 1 is 1.12 bits per heavy atom. The molecule has 0 aromatic heterocycles. The van der Waals surface area contributed by atoms with Gasteiger partial charge < -0.3 is 10.6 Å². The van der Waals surface area contributed by atoms with E-state index in [0.717, 1.165) is 6.54 Å². The second kappa shape index (κ2) is 12.5. The minimum absolute atomic E-state index is 0. The summed E-state index contributed by atoms with van der Waals surface area (Å²) in [5.74, 6) is 1.12. The van der Waals surface area contributed by atoms with Crippen LogP contribution in [-0.2, 0) is 10.0 Å². The molecule has 0 bridgehead atoms. The fourth-order valence-electron chi connectivity index (χ4n) is 1.95. The standard InChI is InChI=1S/C16H28N4O2S.HI/c1-4-17-16(18-11-12-20-23(21,22)5-2)19-13-14(3)15-9-7-6-8-10-15;/h6-10,14,20H,4-5,11-13H2,1-3H3,(H2,17,18,19);1H. The third-order valence-corrected chi connectivity index (χ3v) is 4.76. The molecule has 1 aromatic rings. The smallest absolute Gasteiger partial charge is 0.211 e. The van der Waals surface area contributed by atoms with Gasteiger partial charge in [0.05, 0.1) is 5.75 Å². The van der Waals surface area contributed by atoms with E-state index in [-0.39, 0.29) is 29.7 Å². The highest BCUT2D eigenvalue weighted by atomic mass is 127. The third-order valence-electron chi connectivity index (χ3n) is 3.36. The van der Waals surface area contributed by atoms with Crippen molar-refractivity contribution in [3.8, 4) is 0 Å². The molecule has 1 aromatic carbocycles. The van der Waals surface area contributed by atoms with E-state index in [1.807, 2.05) is 25.1 Å². The zero-order valence-electron chi connectivity index (χ0n) is 14.6. The Morgan fingerprint density at radius 2 is 1.79 bits per heavy atom. The van der Waals surface area contributed by atoms with E-state index < -0.39 is 10.0 Å². The lowest BCUT2D eigenvalue weighted by atomic mass is 10.0. The molecule has 0 fully saturated rings. The summed E-state index contributed by atoms with van der Waals surface area (Å²) in [5, 5.41) is 6.30. The van der Waals surface area contributed by atoms with Crippen LogP contribution >= 0.6 is 24.0 Å². The van der Waals surface area contributed by atoms with Gasteiger partial charge in [-0.2, -0.15) is 0 Å². The Bertz CT molecular complexity index is 579. The fraction of sp³-hybridized carbons (Fsp3) is 0.562. The summed E-state index contributed by atoms with van der Waals surface area (Å²) in [4.78, 5) is 4.56. The van der Waals surface area contributed by atoms with Crippen LogP contribution in [0.25, 0.3) is 0 Å². The van der Waals surface area contributed by atoms with Crippen LogP contribution < -0.4 is 15.4 Å². The molecule has 0 aliphatic heterocycles. The van der Waals surface area contributed by atoms with Crippen LogP contribution in [-0.4, -0.2) is 46.3 Å². The highest BCUT2D eigenvalue weighted by Crippen LogP contribution is 2.14. The van der Waals surface area contributed by atoms with Crippen molar-refractivity contribution in [2.24, 2.45) is 4.99 Å². The number of benzene rings is 1. The van der Waals surface area contributed by atoms with E-state index >= 15 is 0 Å².